The van der Waals surface area contributed by atoms with Gasteiger partial charge in [-0.15, -0.1) is 0 Å². The van der Waals surface area contributed by atoms with Gasteiger partial charge in [-0.1, -0.05) is 18.2 Å². The van der Waals surface area contributed by atoms with Gasteiger partial charge >= 0.3 is 0 Å². The predicted molar refractivity (Wildman–Crippen MR) is 65.6 cm³/mol. The second kappa shape index (κ2) is 6.05. The van der Waals surface area contributed by atoms with Gasteiger partial charge in [-0.2, -0.15) is 0 Å². The SMILES string of the molecule is O=C(CCOc1ccccc1)NNC(=O)C1CC1. The van der Waals surface area contributed by atoms with Crippen LogP contribution in [-0.2, 0) is 9.59 Å². The first kappa shape index (κ1) is 12.4. The topological polar surface area (TPSA) is 67.4 Å². The summed E-state index contributed by atoms with van der Waals surface area (Å²) in [7, 11) is 0. The van der Waals surface area contributed by atoms with Gasteiger partial charge in [-0.05, 0) is 25.0 Å². The Kier molecular flexibility index (Phi) is 4.17. The number of hydrazine groups is 1. The van der Waals surface area contributed by atoms with Crippen molar-refractivity contribution in [1.82, 2.24) is 10.9 Å². The number of amides is 2. The fraction of sp³-hybridized carbons (Fsp3) is 0.385. The smallest absolute Gasteiger partial charge is 0.241 e. The predicted octanol–water partition coefficient (Wildman–Crippen LogP) is 1.01. The summed E-state index contributed by atoms with van der Waals surface area (Å²) in [6, 6.07) is 9.28. The van der Waals surface area contributed by atoms with Crippen molar-refractivity contribution in [2.24, 2.45) is 5.92 Å². The molecule has 0 bridgehead atoms. The second-order valence-electron chi connectivity index (χ2n) is 4.22. The van der Waals surface area contributed by atoms with Crippen molar-refractivity contribution in [2.45, 2.75) is 19.3 Å². The highest BCUT2D eigenvalue weighted by atomic mass is 16.5. The highest BCUT2D eigenvalue weighted by Gasteiger charge is 2.29. The van der Waals surface area contributed by atoms with Crippen molar-refractivity contribution in [3.8, 4) is 5.75 Å². The van der Waals surface area contributed by atoms with E-state index in [0.29, 0.717) is 0 Å². The highest BCUT2D eigenvalue weighted by molar-refractivity contribution is 5.84. The van der Waals surface area contributed by atoms with E-state index in [1.165, 1.54) is 0 Å². The highest BCUT2D eigenvalue weighted by Crippen LogP contribution is 2.28. The first-order chi connectivity index (χ1) is 8.75. The average molecular weight is 248 g/mol. The minimum atomic E-state index is -0.250. The number of nitrogens with one attached hydrogen (secondary N) is 2. The summed E-state index contributed by atoms with van der Waals surface area (Å²) in [6.45, 7) is 0.287. The lowest BCUT2D eigenvalue weighted by atomic mass is 10.3. The molecule has 18 heavy (non-hydrogen) atoms. The van der Waals surface area contributed by atoms with E-state index in [0.717, 1.165) is 18.6 Å². The maximum absolute atomic E-state index is 11.4. The quantitative estimate of drug-likeness (QED) is 0.764. The zero-order chi connectivity index (χ0) is 12.8. The molecular weight excluding hydrogens is 232 g/mol. The Hall–Kier alpha value is -2.04. The summed E-state index contributed by atoms with van der Waals surface area (Å²) in [5, 5.41) is 0. The number of carbonyl (C=O) groups is 2. The molecule has 1 aliphatic carbocycles. The van der Waals surface area contributed by atoms with Crippen LogP contribution in [0.1, 0.15) is 19.3 Å². The molecule has 0 heterocycles. The molecule has 0 aromatic heterocycles. The molecule has 96 valence electrons. The largest absolute Gasteiger partial charge is 0.493 e. The maximum Gasteiger partial charge on any atom is 0.241 e. The molecule has 0 spiro atoms. The van der Waals surface area contributed by atoms with E-state index >= 15 is 0 Å². The van der Waals surface area contributed by atoms with Crippen LogP contribution in [0.15, 0.2) is 30.3 Å². The Morgan fingerprint density at radius 3 is 2.56 bits per heavy atom. The van der Waals surface area contributed by atoms with Crippen molar-refractivity contribution in [2.75, 3.05) is 6.61 Å². The number of hydrogen-bond acceptors (Lipinski definition) is 3. The van der Waals surface area contributed by atoms with Gasteiger partial charge in [0.1, 0.15) is 5.75 Å². The lowest BCUT2D eigenvalue weighted by molar-refractivity contribution is -0.129. The number of rotatable bonds is 5. The van der Waals surface area contributed by atoms with E-state index in [1.54, 1.807) is 0 Å². The van der Waals surface area contributed by atoms with Gasteiger partial charge in [0.25, 0.3) is 0 Å². The van der Waals surface area contributed by atoms with Crippen molar-refractivity contribution < 1.29 is 14.3 Å². The van der Waals surface area contributed by atoms with Crippen LogP contribution in [0.2, 0.25) is 0 Å². The summed E-state index contributed by atoms with van der Waals surface area (Å²) >= 11 is 0. The number of para-hydroxylation sites is 1. The van der Waals surface area contributed by atoms with E-state index in [9.17, 15) is 9.59 Å². The molecule has 1 aromatic rings. The van der Waals surface area contributed by atoms with Gasteiger partial charge in [0.05, 0.1) is 13.0 Å². The van der Waals surface area contributed by atoms with Crippen LogP contribution >= 0.6 is 0 Å². The summed E-state index contributed by atoms with van der Waals surface area (Å²) < 4.78 is 5.37. The lowest BCUT2D eigenvalue weighted by Crippen LogP contribution is -2.42. The molecule has 1 saturated carbocycles. The number of hydrogen-bond donors (Lipinski definition) is 2. The van der Waals surface area contributed by atoms with E-state index in [1.807, 2.05) is 30.3 Å². The van der Waals surface area contributed by atoms with Gasteiger partial charge in [0.15, 0.2) is 0 Å². The molecular formula is C13H16N2O3. The molecule has 0 unspecified atom stereocenters. The Morgan fingerprint density at radius 1 is 1.17 bits per heavy atom. The van der Waals surface area contributed by atoms with Crippen LogP contribution in [0.4, 0.5) is 0 Å². The molecule has 0 saturated heterocycles. The van der Waals surface area contributed by atoms with Gasteiger partial charge in [0, 0.05) is 5.92 Å². The molecule has 2 N–H and O–H groups in total. The third kappa shape index (κ3) is 4.08. The number of benzene rings is 1. The zero-order valence-corrected chi connectivity index (χ0v) is 10.0. The van der Waals surface area contributed by atoms with Gasteiger partial charge in [-0.25, -0.2) is 0 Å². The van der Waals surface area contributed by atoms with E-state index in [4.69, 9.17) is 4.74 Å². The molecule has 2 amide bonds. The maximum atomic E-state index is 11.4. The van der Waals surface area contributed by atoms with Crippen LogP contribution in [0.3, 0.4) is 0 Å². The van der Waals surface area contributed by atoms with Gasteiger partial charge in [0.2, 0.25) is 11.8 Å². The van der Waals surface area contributed by atoms with Crippen molar-refractivity contribution in [3.05, 3.63) is 30.3 Å². The molecule has 0 aliphatic heterocycles. The third-order valence-corrected chi connectivity index (χ3v) is 2.61. The van der Waals surface area contributed by atoms with E-state index < -0.39 is 0 Å². The Labute approximate surface area is 105 Å². The van der Waals surface area contributed by atoms with Crippen molar-refractivity contribution in [3.63, 3.8) is 0 Å². The summed E-state index contributed by atoms with van der Waals surface area (Å²) in [4.78, 5) is 22.6. The lowest BCUT2D eigenvalue weighted by Gasteiger charge is -2.07. The molecule has 5 heteroatoms. The van der Waals surface area contributed by atoms with Gasteiger partial charge in [-0.3, -0.25) is 20.4 Å². The van der Waals surface area contributed by atoms with Crippen molar-refractivity contribution in [1.29, 1.82) is 0 Å². The third-order valence-electron chi connectivity index (χ3n) is 2.61. The normalized spacial score (nSPS) is 13.8. The van der Waals surface area contributed by atoms with E-state index in [2.05, 4.69) is 10.9 Å². The van der Waals surface area contributed by atoms with Crippen LogP contribution < -0.4 is 15.6 Å². The minimum absolute atomic E-state index is 0.0888. The number of carbonyl (C=O) groups excluding carboxylic acids is 2. The summed E-state index contributed by atoms with van der Waals surface area (Å²) in [5.41, 5.74) is 4.77. The average Bonchev–Trinajstić information content (AvgIpc) is 3.21. The molecule has 1 fully saturated rings. The minimum Gasteiger partial charge on any atom is -0.493 e. The zero-order valence-electron chi connectivity index (χ0n) is 10.0. The molecule has 1 aliphatic rings. The van der Waals surface area contributed by atoms with Crippen LogP contribution in [0.25, 0.3) is 0 Å². The fourth-order valence-corrected chi connectivity index (χ4v) is 1.42. The van der Waals surface area contributed by atoms with E-state index in [-0.39, 0.29) is 30.8 Å². The standard InChI is InChI=1S/C13H16N2O3/c16-12(14-15-13(17)10-6-7-10)8-9-18-11-4-2-1-3-5-11/h1-5,10H,6-9H2,(H,14,16)(H,15,17). The first-order valence-corrected chi connectivity index (χ1v) is 6.02. The molecule has 1 aromatic carbocycles. The molecule has 0 atom stereocenters. The molecule has 5 nitrogen and oxygen atoms in total. The first-order valence-electron chi connectivity index (χ1n) is 6.02. The fourth-order valence-electron chi connectivity index (χ4n) is 1.42. The number of ether oxygens (including phenoxy) is 1. The Bertz CT molecular complexity index is 416. The molecule has 2 rings (SSSR count). The second-order valence-corrected chi connectivity index (χ2v) is 4.22. The van der Waals surface area contributed by atoms with Crippen molar-refractivity contribution >= 4 is 11.8 Å². The van der Waals surface area contributed by atoms with Crippen LogP contribution in [0.5, 0.6) is 5.75 Å². The van der Waals surface area contributed by atoms with Crippen LogP contribution in [0, 0.1) is 5.92 Å². The summed E-state index contributed by atoms with van der Waals surface area (Å²) in [6.07, 6.45) is 2.04. The Balaban J connectivity index is 1.58. The Morgan fingerprint density at radius 2 is 1.89 bits per heavy atom. The van der Waals surface area contributed by atoms with Crippen LogP contribution in [-0.4, -0.2) is 18.4 Å². The molecule has 0 radical (unpaired) electrons. The monoisotopic (exact) mass is 248 g/mol. The van der Waals surface area contributed by atoms with Gasteiger partial charge < -0.3 is 4.74 Å². The summed E-state index contributed by atoms with van der Waals surface area (Å²) in [5.74, 6) is 0.463.